The fourth-order valence-corrected chi connectivity index (χ4v) is 2.37. The molecule has 0 aliphatic carbocycles. The summed E-state index contributed by atoms with van der Waals surface area (Å²) in [5, 5.41) is 3.27. The number of nitrogens with zero attached hydrogens (tertiary/aromatic N) is 2. The summed E-state index contributed by atoms with van der Waals surface area (Å²) >= 11 is 0. The van der Waals surface area contributed by atoms with Gasteiger partial charge in [0.25, 0.3) is 5.56 Å². The second kappa shape index (κ2) is 5.48. The minimum absolute atomic E-state index is 0.0695. The molecule has 2 N–H and O–H groups in total. The summed E-state index contributed by atoms with van der Waals surface area (Å²) in [5.74, 6) is -0.263. The van der Waals surface area contributed by atoms with Crippen LogP contribution in [0.4, 0.5) is 5.69 Å². The monoisotopic (exact) mass is 296 g/mol. The number of rotatable bonds is 3. The Morgan fingerprint density at radius 3 is 2.91 bits per heavy atom. The van der Waals surface area contributed by atoms with Gasteiger partial charge >= 0.3 is 0 Å². The van der Waals surface area contributed by atoms with Gasteiger partial charge in [-0.05, 0) is 37.6 Å². The van der Waals surface area contributed by atoms with Gasteiger partial charge in [-0.3, -0.25) is 14.2 Å². The smallest absolute Gasteiger partial charge is 0.263 e. The maximum absolute atomic E-state index is 12.3. The van der Waals surface area contributed by atoms with Gasteiger partial charge in [0.2, 0.25) is 5.91 Å². The van der Waals surface area contributed by atoms with Crippen LogP contribution in [-0.2, 0) is 11.3 Å². The van der Waals surface area contributed by atoms with Crippen LogP contribution < -0.4 is 10.9 Å². The fourth-order valence-electron chi connectivity index (χ4n) is 2.37. The lowest BCUT2D eigenvalue weighted by Crippen LogP contribution is -2.27. The van der Waals surface area contributed by atoms with Crippen molar-refractivity contribution in [1.29, 1.82) is 0 Å². The molecule has 0 bridgehead atoms. The largest absolute Gasteiger partial charge is 0.343 e. The van der Waals surface area contributed by atoms with Crippen LogP contribution in [0.15, 0.2) is 41.5 Å². The molecule has 1 amide bonds. The first kappa shape index (κ1) is 14.1. The summed E-state index contributed by atoms with van der Waals surface area (Å²) in [6, 6.07) is 9.24. The molecule has 6 nitrogen and oxygen atoms in total. The third-order valence-electron chi connectivity index (χ3n) is 3.36. The third-order valence-corrected chi connectivity index (χ3v) is 3.36. The van der Waals surface area contributed by atoms with Crippen molar-refractivity contribution >= 4 is 22.6 Å². The van der Waals surface area contributed by atoms with Gasteiger partial charge in [-0.15, -0.1) is 0 Å². The third kappa shape index (κ3) is 2.76. The van der Waals surface area contributed by atoms with E-state index in [1.165, 1.54) is 10.9 Å². The zero-order valence-electron chi connectivity index (χ0n) is 12.4. The molecule has 0 unspecified atom stereocenters. The molecule has 0 aliphatic heterocycles. The summed E-state index contributed by atoms with van der Waals surface area (Å²) in [6.07, 6.45) is 1.39. The number of aryl methyl sites for hydroxylation is 2. The van der Waals surface area contributed by atoms with Crippen LogP contribution in [0, 0.1) is 13.8 Å². The number of hydrogen-bond donors (Lipinski definition) is 2. The minimum Gasteiger partial charge on any atom is -0.343 e. The SMILES string of the molecule is Cc1cccc(NC(=O)Cn2cnc3[nH]c(C)cc3c2=O)c1. The number of nitrogens with one attached hydrogen (secondary N) is 2. The van der Waals surface area contributed by atoms with Gasteiger partial charge in [0.15, 0.2) is 0 Å². The highest BCUT2D eigenvalue weighted by Crippen LogP contribution is 2.10. The molecule has 3 aromatic rings. The molecule has 0 atom stereocenters. The lowest BCUT2D eigenvalue weighted by atomic mass is 10.2. The average molecular weight is 296 g/mol. The van der Waals surface area contributed by atoms with Crippen LogP contribution in [0.25, 0.3) is 11.0 Å². The molecule has 0 fully saturated rings. The van der Waals surface area contributed by atoms with Crippen LogP contribution in [-0.4, -0.2) is 20.4 Å². The number of aromatic amines is 1. The number of aromatic nitrogens is 3. The quantitative estimate of drug-likeness (QED) is 0.775. The molecule has 6 heteroatoms. The van der Waals surface area contributed by atoms with Crippen LogP contribution in [0.1, 0.15) is 11.3 Å². The Morgan fingerprint density at radius 1 is 1.32 bits per heavy atom. The Bertz CT molecular complexity index is 908. The van der Waals surface area contributed by atoms with E-state index in [1.54, 1.807) is 6.07 Å². The molecular weight excluding hydrogens is 280 g/mol. The molecule has 0 saturated carbocycles. The van der Waals surface area contributed by atoms with E-state index in [1.807, 2.05) is 38.1 Å². The number of H-pyrrole nitrogens is 1. The van der Waals surface area contributed by atoms with Crippen LogP contribution in [0.5, 0.6) is 0 Å². The van der Waals surface area contributed by atoms with Gasteiger partial charge in [0.1, 0.15) is 18.5 Å². The summed E-state index contributed by atoms with van der Waals surface area (Å²) < 4.78 is 1.31. The number of fused-ring (bicyclic) bond motifs is 1. The Balaban J connectivity index is 1.82. The first-order valence-electron chi connectivity index (χ1n) is 6.94. The van der Waals surface area contributed by atoms with Crippen molar-refractivity contribution in [1.82, 2.24) is 14.5 Å². The van der Waals surface area contributed by atoms with E-state index in [0.717, 1.165) is 11.3 Å². The number of carbonyl (C=O) groups excluding carboxylic acids is 1. The maximum atomic E-state index is 12.3. The van der Waals surface area contributed by atoms with E-state index < -0.39 is 0 Å². The van der Waals surface area contributed by atoms with Crippen LogP contribution >= 0.6 is 0 Å². The van der Waals surface area contributed by atoms with Gasteiger partial charge in [-0.25, -0.2) is 4.98 Å². The standard InChI is InChI=1S/C16H16N4O2/c1-10-4-3-5-12(6-10)19-14(21)8-20-9-17-15-13(16(20)22)7-11(2)18-15/h3-7,9,18H,8H2,1-2H3,(H,19,21). The summed E-state index contributed by atoms with van der Waals surface area (Å²) in [5.41, 5.74) is 2.94. The maximum Gasteiger partial charge on any atom is 0.263 e. The summed E-state index contributed by atoms with van der Waals surface area (Å²) in [4.78, 5) is 31.6. The second-order valence-electron chi connectivity index (χ2n) is 5.31. The van der Waals surface area contributed by atoms with Crippen molar-refractivity contribution in [3.05, 3.63) is 58.3 Å². The number of carbonyl (C=O) groups is 1. The summed E-state index contributed by atoms with van der Waals surface area (Å²) in [6.45, 7) is 3.74. The minimum atomic E-state index is -0.263. The summed E-state index contributed by atoms with van der Waals surface area (Å²) in [7, 11) is 0. The fraction of sp³-hybridized carbons (Fsp3) is 0.188. The van der Waals surface area contributed by atoms with Gasteiger partial charge in [0, 0.05) is 11.4 Å². The van der Waals surface area contributed by atoms with Crippen molar-refractivity contribution in [3.8, 4) is 0 Å². The van der Waals surface area contributed by atoms with E-state index in [0.29, 0.717) is 16.7 Å². The molecule has 0 aliphatic rings. The van der Waals surface area contributed by atoms with E-state index in [-0.39, 0.29) is 18.0 Å². The Hall–Kier alpha value is -2.89. The van der Waals surface area contributed by atoms with E-state index in [4.69, 9.17) is 0 Å². The molecule has 2 heterocycles. The number of benzene rings is 1. The number of anilines is 1. The molecule has 1 aromatic carbocycles. The Morgan fingerprint density at radius 2 is 2.14 bits per heavy atom. The second-order valence-corrected chi connectivity index (χ2v) is 5.31. The first-order chi connectivity index (χ1) is 10.5. The van der Waals surface area contributed by atoms with Crippen molar-refractivity contribution < 1.29 is 4.79 Å². The average Bonchev–Trinajstić information content (AvgIpc) is 2.83. The van der Waals surface area contributed by atoms with E-state index >= 15 is 0 Å². The molecule has 0 saturated heterocycles. The normalized spacial score (nSPS) is 10.8. The highest BCUT2D eigenvalue weighted by Gasteiger charge is 2.10. The molecule has 2 aromatic heterocycles. The lowest BCUT2D eigenvalue weighted by molar-refractivity contribution is -0.116. The van der Waals surface area contributed by atoms with Crippen LogP contribution in [0.2, 0.25) is 0 Å². The van der Waals surface area contributed by atoms with Crippen LogP contribution in [0.3, 0.4) is 0 Å². The molecular formula is C16H16N4O2. The molecule has 112 valence electrons. The van der Waals surface area contributed by atoms with E-state index in [2.05, 4.69) is 15.3 Å². The van der Waals surface area contributed by atoms with Crippen molar-refractivity contribution in [3.63, 3.8) is 0 Å². The van der Waals surface area contributed by atoms with Gasteiger partial charge in [-0.2, -0.15) is 0 Å². The van der Waals surface area contributed by atoms with E-state index in [9.17, 15) is 9.59 Å². The molecule has 22 heavy (non-hydrogen) atoms. The van der Waals surface area contributed by atoms with Crippen molar-refractivity contribution in [2.45, 2.75) is 20.4 Å². The molecule has 0 radical (unpaired) electrons. The lowest BCUT2D eigenvalue weighted by Gasteiger charge is -2.07. The zero-order valence-corrected chi connectivity index (χ0v) is 12.4. The van der Waals surface area contributed by atoms with Crippen molar-refractivity contribution in [2.75, 3.05) is 5.32 Å². The first-order valence-corrected chi connectivity index (χ1v) is 6.94. The number of amides is 1. The Kier molecular flexibility index (Phi) is 3.50. The Labute approximate surface area is 126 Å². The predicted molar refractivity (Wildman–Crippen MR) is 84.9 cm³/mol. The van der Waals surface area contributed by atoms with Gasteiger partial charge in [0.05, 0.1) is 5.39 Å². The topological polar surface area (TPSA) is 79.8 Å². The molecule has 0 spiro atoms. The van der Waals surface area contributed by atoms with Gasteiger partial charge < -0.3 is 10.3 Å². The van der Waals surface area contributed by atoms with Gasteiger partial charge in [-0.1, -0.05) is 12.1 Å². The highest BCUT2D eigenvalue weighted by atomic mass is 16.2. The zero-order chi connectivity index (χ0) is 15.7. The predicted octanol–water partition coefficient (Wildman–Crippen LogP) is 1.98. The molecule has 3 rings (SSSR count). The highest BCUT2D eigenvalue weighted by molar-refractivity contribution is 5.90. The number of hydrogen-bond acceptors (Lipinski definition) is 3. The van der Waals surface area contributed by atoms with Crippen molar-refractivity contribution in [2.24, 2.45) is 0 Å².